The van der Waals surface area contributed by atoms with Gasteiger partial charge in [-0.25, -0.2) is 5.43 Å². The molecule has 28 heavy (non-hydrogen) atoms. The van der Waals surface area contributed by atoms with Crippen molar-refractivity contribution < 1.29 is 23.9 Å². The van der Waals surface area contributed by atoms with Crippen LogP contribution in [0.2, 0.25) is 10.0 Å². The molecule has 0 atom stereocenters. The van der Waals surface area contributed by atoms with Crippen molar-refractivity contribution in [3.63, 3.8) is 0 Å². The Morgan fingerprint density at radius 2 is 2.00 bits per heavy atom. The van der Waals surface area contributed by atoms with E-state index in [2.05, 4.69) is 10.5 Å². The number of carbonyl (C=O) groups excluding carboxylic acids is 1. The van der Waals surface area contributed by atoms with Crippen molar-refractivity contribution >= 4 is 41.0 Å². The highest BCUT2D eigenvalue weighted by Crippen LogP contribution is 2.37. The summed E-state index contributed by atoms with van der Waals surface area (Å²) in [6.07, 6.45) is 1.36. The molecule has 0 aliphatic carbocycles. The quantitative estimate of drug-likeness (QED) is 0.392. The van der Waals surface area contributed by atoms with Crippen LogP contribution in [0, 0.1) is 10.1 Å². The number of nitrogens with one attached hydrogen (secondary N) is 1. The molecule has 0 fully saturated rings. The molecule has 0 aromatic heterocycles. The maximum absolute atomic E-state index is 11.9. The summed E-state index contributed by atoms with van der Waals surface area (Å²) in [5.41, 5.74) is 2.36. The Morgan fingerprint density at radius 3 is 2.64 bits per heavy atom. The fourth-order valence-electron chi connectivity index (χ4n) is 2.18. The number of nitro groups is 1. The van der Waals surface area contributed by atoms with Gasteiger partial charge in [-0.3, -0.25) is 14.9 Å². The Labute approximate surface area is 169 Å². The van der Waals surface area contributed by atoms with E-state index in [0.29, 0.717) is 17.1 Å². The van der Waals surface area contributed by atoms with Crippen LogP contribution in [0.4, 0.5) is 5.69 Å². The van der Waals surface area contributed by atoms with Crippen molar-refractivity contribution in [2.45, 2.75) is 0 Å². The fourth-order valence-corrected chi connectivity index (χ4v) is 2.72. The summed E-state index contributed by atoms with van der Waals surface area (Å²) in [5.74, 6) is 0.0386. The number of para-hydroxylation sites is 1. The van der Waals surface area contributed by atoms with E-state index in [0.717, 1.165) is 6.07 Å². The molecule has 11 heteroatoms. The number of hydrazone groups is 1. The van der Waals surface area contributed by atoms with Crippen LogP contribution >= 0.6 is 23.2 Å². The molecule has 0 unspecified atom stereocenters. The van der Waals surface area contributed by atoms with Crippen molar-refractivity contribution in [2.75, 3.05) is 20.8 Å². The molecular formula is C17H15Cl2N3O6. The molecule has 0 aliphatic rings. The zero-order chi connectivity index (χ0) is 20.7. The molecule has 2 aromatic carbocycles. The first-order valence-electron chi connectivity index (χ1n) is 7.66. The zero-order valence-electron chi connectivity index (χ0n) is 14.8. The Kier molecular flexibility index (Phi) is 7.42. The van der Waals surface area contributed by atoms with Crippen LogP contribution in [0.25, 0.3) is 0 Å². The third-order valence-corrected chi connectivity index (χ3v) is 3.86. The normalized spacial score (nSPS) is 10.6. The Hall–Kier alpha value is -3.04. The molecule has 148 valence electrons. The molecule has 0 heterocycles. The summed E-state index contributed by atoms with van der Waals surface area (Å²) in [6, 6.07) is 7.51. The molecule has 0 saturated heterocycles. The summed E-state index contributed by atoms with van der Waals surface area (Å²) >= 11 is 11.6. The maximum Gasteiger partial charge on any atom is 0.314 e. The van der Waals surface area contributed by atoms with Crippen molar-refractivity contribution in [1.29, 1.82) is 0 Å². The molecule has 1 N–H and O–H groups in total. The van der Waals surface area contributed by atoms with Crippen molar-refractivity contribution in [1.82, 2.24) is 5.43 Å². The number of benzene rings is 2. The molecule has 2 rings (SSSR count). The minimum Gasteiger partial charge on any atom is -0.493 e. The number of hydrogen-bond acceptors (Lipinski definition) is 7. The van der Waals surface area contributed by atoms with E-state index in [-0.39, 0.29) is 15.8 Å². The lowest BCUT2D eigenvalue weighted by molar-refractivity contribution is -0.385. The standard InChI is InChI=1S/C17H15Cl2N3O6/c1-26-14-5-3-4-10(16(14)27-2)8-20-21-15(23)9-28-17-12(19)6-11(18)7-13(17)22(24)25/h3-8H,9H2,1-2H3,(H,21,23)/b20-8+. The van der Waals surface area contributed by atoms with Gasteiger partial charge in [-0.2, -0.15) is 5.10 Å². The molecule has 0 aliphatic heterocycles. The number of ether oxygens (including phenoxy) is 3. The molecule has 1 amide bonds. The lowest BCUT2D eigenvalue weighted by Crippen LogP contribution is -2.24. The van der Waals surface area contributed by atoms with Crippen molar-refractivity contribution in [3.05, 3.63) is 56.1 Å². The smallest absolute Gasteiger partial charge is 0.314 e. The molecule has 9 nitrogen and oxygen atoms in total. The van der Waals surface area contributed by atoms with Gasteiger partial charge in [0.1, 0.15) is 0 Å². The molecule has 0 spiro atoms. The minimum atomic E-state index is -0.710. The van der Waals surface area contributed by atoms with Gasteiger partial charge in [-0.15, -0.1) is 0 Å². The first-order chi connectivity index (χ1) is 13.4. The first-order valence-corrected chi connectivity index (χ1v) is 8.42. The molecule has 2 aromatic rings. The fraction of sp³-hybridized carbons (Fsp3) is 0.176. The van der Waals surface area contributed by atoms with E-state index in [1.807, 2.05) is 0 Å². The number of rotatable bonds is 8. The second-order valence-corrected chi connectivity index (χ2v) is 6.00. The third kappa shape index (κ3) is 5.24. The topological polar surface area (TPSA) is 112 Å². The predicted octanol–water partition coefficient (Wildman–Crippen LogP) is 3.45. The van der Waals surface area contributed by atoms with Gasteiger partial charge >= 0.3 is 5.69 Å². The summed E-state index contributed by atoms with van der Waals surface area (Å²) in [7, 11) is 2.98. The first kappa shape index (κ1) is 21.3. The van der Waals surface area contributed by atoms with E-state index >= 15 is 0 Å². The highest BCUT2D eigenvalue weighted by Gasteiger charge is 2.21. The average molecular weight is 428 g/mol. The van der Waals surface area contributed by atoms with E-state index in [9.17, 15) is 14.9 Å². The zero-order valence-corrected chi connectivity index (χ0v) is 16.3. The number of amides is 1. The van der Waals surface area contributed by atoms with Gasteiger partial charge in [0, 0.05) is 16.7 Å². The Morgan fingerprint density at radius 1 is 1.25 bits per heavy atom. The van der Waals surface area contributed by atoms with Crippen molar-refractivity contribution in [2.24, 2.45) is 5.10 Å². The SMILES string of the molecule is COc1cccc(/C=N/NC(=O)COc2c(Cl)cc(Cl)cc2[N+](=O)[O-])c1OC. The van der Waals surface area contributed by atoms with Crippen LogP contribution < -0.4 is 19.6 Å². The lowest BCUT2D eigenvalue weighted by atomic mass is 10.2. The van der Waals surface area contributed by atoms with Crippen LogP contribution in [0.5, 0.6) is 17.2 Å². The van der Waals surface area contributed by atoms with Crippen LogP contribution in [0.3, 0.4) is 0 Å². The third-order valence-electron chi connectivity index (χ3n) is 3.36. The molecule has 0 saturated carbocycles. The number of nitro benzene ring substituents is 1. The summed E-state index contributed by atoms with van der Waals surface area (Å²) in [5, 5.41) is 14.9. The Bertz CT molecular complexity index is 920. The second-order valence-electron chi connectivity index (χ2n) is 5.16. The van der Waals surface area contributed by atoms with E-state index < -0.39 is 23.1 Å². The van der Waals surface area contributed by atoms with Gasteiger partial charge in [0.15, 0.2) is 18.1 Å². The maximum atomic E-state index is 11.9. The van der Waals surface area contributed by atoms with Crippen LogP contribution in [-0.2, 0) is 4.79 Å². The highest BCUT2D eigenvalue weighted by molar-refractivity contribution is 6.36. The monoisotopic (exact) mass is 427 g/mol. The average Bonchev–Trinajstić information content (AvgIpc) is 2.66. The predicted molar refractivity (Wildman–Crippen MR) is 104 cm³/mol. The highest BCUT2D eigenvalue weighted by atomic mass is 35.5. The number of methoxy groups -OCH3 is 2. The van der Waals surface area contributed by atoms with Gasteiger partial charge in [0.2, 0.25) is 5.75 Å². The lowest BCUT2D eigenvalue weighted by Gasteiger charge is -2.09. The van der Waals surface area contributed by atoms with Gasteiger partial charge < -0.3 is 14.2 Å². The number of halogens is 2. The minimum absolute atomic E-state index is 0.0744. The van der Waals surface area contributed by atoms with E-state index in [1.54, 1.807) is 18.2 Å². The van der Waals surface area contributed by atoms with Crippen LogP contribution in [0.15, 0.2) is 35.4 Å². The summed E-state index contributed by atoms with van der Waals surface area (Å²) in [4.78, 5) is 22.3. The molecule has 0 bridgehead atoms. The summed E-state index contributed by atoms with van der Waals surface area (Å²) in [6.45, 7) is -0.547. The Balaban J connectivity index is 2.03. The number of hydrogen-bond donors (Lipinski definition) is 1. The van der Waals surface area contributed by atoms with Crippen LogP contribution in [0.1, 0.15) is 5.56 Å². The van der Waals surface area contributed by atoms with Gasteiger partial charge in [0.05, 0.1) is 30.4 Å². The summed E-state index contributed by atoms with van der Waals surface area (Å²) < 4.78 is 15.6. The number of carbonyl (C=O) groups is 1. The van der Waals surface area contributed by atoms with Crippen LogP contribution in [-0.4, -0.2) is 37.9 Å². The van der Waals surface area contributed by atoms with Gasteiger partial charge in [0.25, 0.3) is 5.91 Å². The van der Waals surface area contributed by atoms with Gasteiger partial charge in [-0.05, 0) is 18.2 Å². The molecular weight excluding hydrogens is 413 g/mol. The largest absolute Gasteiger partial charge is 0.493 e. The second kappa shape index (κ2) is 9.77. The van der Waals surface area contributed by atoms with E-state index in [1.165, 1.54) is 26.5 Å². The van der Waals surface area contributed by atoms with Gasteiger partial charge in [-0.1, -0.05) is 29.3 Å². The van der Waals surface area contributed by atoms with Crippen molar-refractivity contribution in [3.8, 4) is 17.2 Å². The number of nitrogens with zero attached hydrogens (tertiary/aromatic N) is 2. The molecule has 0 radical (unpaired) electrons. The van der Waals surface area contributed by atoms with E-state index in [4.69, 9.17) is 37.4 Å².